The molecule has 16 heteroatoms. The minimum atomic E-state index is -4.54. The SMILES string of the molecule is O=C(O)C1CCCN1C(=O)C1CCCN1C(=O)C1CCCN1S(=O)(=O)c1cc(O)c(O)c2c1CN(Cc1ccc(F)c(Cl)c1)C2=O. The second-order valence-electron chi connectivity index (χ2n) is 12.0. The number of carbonyl (C=O) groups excluding carboxylic acids is 3. The van der Waals surface area contributed by atoms with Crippen LogP contribution in [0.25, 0.3) is 0 Å². The number of aromatic hydroxyl groups is 2. The third-order valence-corrected chi connectivity index (χ3v) is 11.5. The van der Waals surface area contributed by atoms with Gasteiger partial charge in [0.1, 0.15) is 23.9 Å². The Hall–Kier alpha value is -3.95. The number of amides is 3. The number of halogens is 2. The highest BCUT2D eigenvalue weighted by Gasteiger charge is 2.48. The molecule has 4 aliphatic rings. The van der Waals surface area contributed by atoms with Crippen LogP contribution in [0.3, 0.4) is 0 Å². The van der Waals surface area contributed by atoms with Gasteiger partial charge in [0, 0.05) is 44.4 Å². The number of hydrogen-bond donors (Lipinski definition) is 3. The van der Waals surface area contributed by atoms with E-state index in [2.05, 4.69) is 0 Å². The van der Waals surface area contributed by atoms with Crippen LogP contribution in [0.5, 0.6) is 11.5 Å². The minimum absolute atomic E-state index is 0.0411. The largest absolute Gasteiger partial charge is 0.504 e. The van der Waals surface area contributed by atoms with Crippen molar-refractivity contribution >= 4 is 45.3 Å². The Bertz CT molecular complexity index is 1760. The van der Waals surface area contributed by atoms with Crippen LogP contribution in [0.1, 0.15) is 60.0 Å². The Morgan fingerprint density at radius 1 is 0.913 bits per heavy atom. The highest BCUT2D eigenvalue weighted by molar-refractivity contribution is 7.89. The Morgan fingerprint density at radius 2 is 1.52 bits per heavy atom. The van der Waals surface area contributed by atoms with Crippen LogP contribution in [0, 0.1) is 5.82 Å². The van der Waals surface area contributed by atoms with Gasteiger partial charge >= 0.3 is 5.97 Å². The van der Waals surface area contributed by atoms with Gasteiger partial charge in [-0.15, -0.1) is 0 Å². The van der Waals surface area contributed by atoms with Crippen LogP contribution >= 0.6 is 11.6 Å². The van der Waals surface area contributed by atoms with Gasteiger partial charge < -0.3 is 30.0 Å². The Morgan fingerprint density at radius 3 is 2.20 bits per heavy atom. The second-order valence-corrected chi connectivity index (χ2v) is 14.3. The predicted molar refractivity (Wildman–Crippen MR) is 159 cm³/mol. The molecule has 0 radical (unpaired) electrons. The molecule has 3 saturated heterocycles. The molecule has 3 amide bonds. The van der Waals surface area contributed by atoms with Crippen molar-refractivity contribution in [2.45, 2.75) is 74.6 Å². The molecule has 3 N–H and O–H groups in total. The maximum Gasteiger partial charge on any atom is 0.326 e. The van der Waals surface area contributed by atoms with Crippen molar-refractivity contribution in [2.24, 2.45) is 0 Å². The molecule has 13 nitrogen and oxygen atoms in total. The van der Waals surface area contributed by atoms with E-state index in [1.807, 2.05) is 0 Å². The molecule has 0 aliphatic carbocycles. The van der Waals surface area contributed by atoms with E-state index in [4.69, 9.17) is 11.6 Å². The minimum Gasteiger partial charge on any atom is -0.504 e. The molecule has 6 rings (SSSR count). The fraction of sp³-hybridized carbons (Fsp3) is 0.467. The van der Waals surface area contributed by atoms with E-state index < -0.39 is 79.6 Å². The summed E-state index contributed by atoms with van der Waals surface area (Å²) < 4.78 is 43.1. The van der Waals surface area contributed by atoms with Crippen LogP contribution < -0.4 is 0 Å². The highest BCUT2D eigenvalue weighted by Crippen LogP contribution is 2.43. The summed E-state index contributed by atoms with van der Waals surface area (Å²) in [5, 5.41) is 30.5. The smallest absolute Gasteiger partial charge is 0.326 e. The van der Waals surface area contributed by atoms with Crippen molar-refractivity contribution in [3.63, 3.8) is 0 Å². The summed E-state index contributed by atoms with van der Waals surface area (Å²) in [6.45, 7) is 0.0686. The lowest BCUT2D eigenvalue weighted by atomic mass is 10.1. The molecule has 3 atom stereocenters. The molecule has 2 aromatic carbocycles. The van der Waals surface area contributed by atoms with Gasteiger partial charge in [0.15, 0.2) is 11.5 Å². The fourth-order valence-corrected chi connectivity index (χ4v) is 9.15. The standard InChI is InChI=1S/C30H32ClFN4O9S/c31-18-12-16(7-8-19(18)32)14-33-15-17-24(13-23(37)26(38)25(17)29(33)41)46(44,45)36-11-3-5-21(36)28(40)34-9-1-4-20(34)27(39)35-10-2-6-22(35)30(42)43/h7-8,12-13,20-22,37-38H,1-6,9-11,14-15H2,(H,42,43). The number of fused-ring (bicyclic) bond motifs is 1. The number of carbonyl (C=O) groups is 4. The van der Waals surface area contributed by atoms with Crippen molar-refractivity contribution in [1.82, 2.24) is 19.0 Å². The van der Waals surface area contributed by atoms with Crippen LogP contribution in [-0.2, 0) is 37.5 Å². The van der Waals surface area contributed by atoms with Gasteiger partial charge in [-0.1, -0.05) is 17.7 Å². The summed E-state index contributed by atoms with van der Waals surface area (Å²) in [7, 11) is -4.54. The highest BCUT2D eigenvalue weighted by atomic mass is 35.5. The van der Waals surface area contributed by atoms with Crippen LogP contribution in [0.2, 0.25) is 5.02 Å². The molecular weight excluding hydrogens is 647 g/mol. The summed E-state index contributed by atoms with van der Waals surface area (Å²) in [6, 6.07) is 1.66. The normalized spacial score (nSPS) is 23.4. The molecule has 0 bridgehead atoms. The zero-order valence-electron chi connectivity index (χ0n) is 24.6. The fourth-order valence-electron chi connectivity index (χ4n) is 7.06. The van der Waals surface area contributed by atoms with Crippen molar-refractivity contribution < 1.29 is 47.3 Å². The van der Waals surface area contributed by atoms with Crippen molar-refractivity contribution in [3.05, 3.63) is 51.8 Å². The van der Waals surface area contributed by atoms with E-state index >= 15 is 0 Å². The first kappa shape index (κ1) is 32.0. The summed E-state index contributed by atoms with van der Waals surface area (Å²) in [4.78, 5) is 55.8. The van der Waals surface area contributed by atoms with Crippen molar-refractivity contribution in [3.8, 4) is 11.5 Å². The third kappa shape index (κ3) is 5.33. The quantitative estimate of drug-likeness (QED) is 0.371. The number of carboxylic acids is 1. The summed E-state index contributed by atoms with van der Waals surface area (Å²) in [6.07, 6.45) is 2.15. The average Bonchev–Trinajstić information content (AvgIpc) is 3.83. The van der Waals surface area contributed by atoms with E-state index in [-0.39, 0.29) is 49.7 Å². The molecule has 246 valence electrons. The number of rotatable bonds is 7. The number of benzene rings is 2. The topological polar surface area (TPSA) is 176 Å². The number of carboxylic acid groups (broad SMARTS) is 1. The summed E-state index contributed by atoms with van der Waals surface area (Å²) in [5.74, 6) is -5.18. The zero-order chi connectivity index (χ0) is 33.1. The first-order valence-electron chi connectivity index (χ1n) is 15.0. The molecule has 3 fully saturated rings. The van der Waals surface area contributed by atoms with Gasteiger partial charge in [-0.05, 0) is 56.2 Å². The van der Waals surface area contributed by atoms with E-state index in [1.165, 1.54) is 26.8 Å². The number of nitrogens with zero attached hydrogens (tertiary/aromatic N) is 4. The summed E-state index contributed by atoms with van der Waals surface area (Å²) >= 11 is 5.88. The number of phenols is 2. The van der Waals surface area contributed by atoms with E-state index in [0.29, 0.717) is 37.7 Å². The molecule has 0 saturated carbocycles. The van der Waals surface area contributed by atoms with E-state index in [1.54, 1.807) is 0 Å². The van der Waals surface area contributed by atoms with E-state index in [9.17, 15) is 47.3 Å². The number of hydrogen-bond acceptors (Lipinski definition) is 8. The van der Waals surface area contributed by atoms with E-state index in [0.717, 1.165) is 16.4 Å². The Labute approximate surface area is 268 Å². The predicted octanol–water partition coefficient (Wildman–Crippen LogP) is 2.27. The molecule has 0 spiro atoms. The van der Waals surface area contributed by atoms with Gasteiger partial charge in [0.2, 0.25) is 21.8 Å². The summed E-state index contributed by atoms with van der Waals surface area (Å²) in [5.41, 5.74) is -0.00330. The van der Waals surface area contributed by atoms with Gasteiger partial charge in [0.05, 0.1) is 15.5 Å². The zero-order valence-corrected chi connectivity index (χ0v) is 26.1. The van der Waals surface area contributed by atoms with Gasteiger partial charge in [0.25, 0.3) is 5.91 Å². The monoisotopic (exact) mass is 678 g/mol. The molecule has 4 aliphatic heterocycles. The maximum absolute atomic E-state index is 14.2. The Kier molecular flexibility index (Phi) is 8.36. The van der Waals surface area contributed by atoms with Crippen molar-refractivity contribution in [2.75, 3.05) is 19.6 Å². The van der Waals surface area contributed by atoms with Gasteiger partial charge in [-0.3, -0.25) is 14.4 Å². The first-order chi connectivity index (χ1) is 21.8. The third-order valence-electron chi connectivity index (χ3n) is 9.27. The lowest BCUT2D eigenvalue weighted by molar-refractivity contribution is -0.152. The Balaban J connectivity index is 1.27. The molecule has 3 unspecified atom stereocenters. The average molecular weight is 679 g/mol. The number of phenolic OH excluding ortho intramolecular Hbond substituents is 2. The molecule has 0 aromatic heterocycles. The number of sulfonamides is 1. The van der Waals surface area contributed by atoms with Crippen LogP contribution in [-0.4, -0.2) is 104 Å². The lowest BCUT2D eigenvalue weighted by Gasteiger charge is -2.33. The maximum atomic E-state index is 14.2. The van der Waals surface area contributed by atoms with Gasteiger partial charge in [-0.25, -0.2) is 17.6 Å². The molecule has 4 heterocycles. The number of likely N-dealkylation sites (tertiary alicyclic amines) is 2. The number of aliphatic carboxylic acids is 1. The van der Waals surface area contributed by atoms with Crippen molar-refractivity contribution in [1.29, 1.82) is 0 Å². The van der Waals surface area contributed by atoms with Gasteiger partial charge in [-0.2, -0.15) is 4.31 Å². The van der Waals surface area contributed by atoms with Crippen LogP contribution in [0.15, 0.2) is 29.2 Å². The molecule has 46 heavy (non-hydrogen) atoms. The lowest BCUT2D eigenvalue weighted by Crippen LogP contribution is -2.54. The second kappa shape index (κ2) is 12.0. The first-order valence-corrected chi connectivity index (χ1v) is 16.8. The van der Waals surface area contributed by atoms with Crippen LogP contribution in [0.4, 0.5) is 4.39 Å². The molecule has 2 aromatic rings. The molecular formula is C30H32ClFN4O9S.